The summed E-state index contributed by atoms with van der Waals surface area (Å²) >= 11 is 0. The third-order valence-corrected chi connectivity index (χ3v) is 4.63. The highest BCUT2D eigenvalue weighted by Gasteiger charge is 2.25. The van der Waals surface area contributed by atoms with Crippen molar-refractivity contribution in [3.8, 4) is 11.3 Å². The van der Waals surface area contributed by atoms with Crippen molar-refractivity contribution >= 4 is 11.6 Å². The molecule has 1 amide bonds. The molecule has 128 valence electrons. The van der Waals surface area contributed by atoms with Crippen LogP contribution in [0.4, 0.5) is 0 Å². The molecule has 1 fully saturated rings. The van der Waals surface area contributed by atoms with E-state index < -0.39 is 0 Å². The molecular weight excluding hydrogens is 318 g/mol. The second-order valence-corrected chi connectivity index (χ2v) is 6.25. The van der Waals surface area contributed by atoms with Gasteiger partial charge in [-0.2, -0.15) is 5.10 Å². The maximum atomic E-state index is 12.7. The molecule has 1 aliphatic rings. The van der Waals surface area contributed by atoms with E-state index in [-0.39, 0.29) is 11.9 Å². The zero-order valence-corrected chi connectivity index (χ0v) is 13.9. The molecule has 0 aliphatic carbocycles. The number of carbonyl (C=O) groups is 1. The SMILES string of the molecule is CC(NC(=O)c1cnn2c(-c3cccnc3)ccnc12)C1CCOC1. The second kappa shape index (κ2) is 6.60. The van der Waals surface area contributed by atoms with Crippen LogP contribution in [-0.2, 0) is 4.74 Å². The summed E-state index contributed by atoms with van der Waals surface area (Å²) in [4.78, 5) is 21.2. The molecule has 0 bridgehead atoms. The number of nitrogens with zero attached hydrogens (tertiary/aromatic N) is 4. The molecule has 1 saturated heterocycles. The van der Waals surface area contributed by atoms with E-state index >= 15 is 0 Å². The average Bonchev–Trinajstić information content (AvgIpc) is 3.32. The first-order valence-electron chi connectivity index (χ1n) is 8.36. The molecule has 1 N–H and O–H groups in total. The molecule has 0 radical (unpaired) electrons. The van der Waals surface area contributed by atoms with Gasteiger partial charge in [-0.25, -0.2) is 9.50 Å². The average molecular weight is 337 g/mol. The molecule has 0 saturated carbocycles. The molecule has 0 spiro atoms. The van der Waals surface area contributed by atoms with Crippen LogP contribution in [0.5, 0.6) is 0 Å². The summed E-state index contributed by atoms with van der Waals surface area (Å²) in [6.07, 6.45) is 7.70. The largest absolute Gasteiger partial charge is 0.381 e. The molecule has 25 heavy (non-hydrogen) atoms. The van der Waals surface area contributed by atoms with E-state index in [1.54, 1.807) is 29.3 Å². The maximum absolute atomic E-state index is 12.7. The number of rotatable bonds is 4. The van der Waals surface area contributed by atoms with E-state index in [9.17, 15) is 4.79 Å². The predicted octanol–water partition coefficient (Wildman–Crippen LogP) is 1.95. The Morgan fingerprint density at radius 2 is 2.28 bits per heavy atom. The summed E-state index contributed by atoms with van der Waals surface area (Å²) < 4.78 is 7.08. The zero-order valence-electron chi connectivity index (χ0n) is 13.9. The molecule has 4 heterocycles. The van der Waals surface area contributed by atoms with Crippen molar-refractivity contribution < 1.29 is 9.53 Å². The van der Waals surface area contributed by atoms with Crippen LogP contribution in [0, 0.1) is 5.92 Å². The molecule has 4 rings (SSSR count). The van der Waals surface area contributed by atoms with Gasteiger partial charge in [-0.05, 0) is 31.5 Å². The third-order valence-electron chi connectivity index (χ3n) is 4.63. The summed E-state index contributed by atoms with van der Waals surface area (Å²) in [7, 11) is 0. The number of ether oxygens (including phenoxy) is 1. The van der Waals surface area contributed by atoms with Crippen molar-refractivity contribution in [1.29, 1.82) is 0 Å². The monoisotopic (exact) mass is 337 g/mol. The summed E-state index contributed by atoms with van der Waals surface area (Å²) in [5.41, 5.74) is 2.76. The van der Waals surface area contributed by atoms with E-state index in [1.165, 1.54) is 0 Å². The normalized spacial score (nSPS) is 18.4. The minimum Gasteiger partial charge on any atom is -0.381 e. The first-order chi connectivity index (χ1) is 12.2. The number of aromatic nitrogens is 4. The van der Waals surface area contributed by atoms with Crippen molar-refractivity contribution in [3.05, 3.63) is 48.5 Å². The Kier molecular flexibility index (Phi) is 4.15. The molecule has 3 aromatic heterocycles. The number of hydrogen-bond donors (Lipinski definition) is 1. The Bertz CT molecular complexity index is 887. The number of fused-ring (bicyclic) bond motifs is 1. The Morgan fingerprint density at radius 1 is 1.36 bits per heavy atom. The number of carbonyl (C=O) groups excluding carboxylic acids is 1. The molecule has 0 aromatic carbocycles. The standard InChI is InChI=1S/C18H19N5O2/c1-12(14-5-8-25-11-14)22-18(24)15-10-21-23-16(4-7-20-17(15)23)13-3-2-6-19-9-13/h2-4,6-7,9-10,12,14H,5,8,11H2,1H3,(H,22,24). The smallest absolute Gasteiger partial charge is 0.256 e. The summed E-state index contributed by atoms with van der Waals surface area (Å²) in [5.74, 6) is 0.190. The van der Waals surface area contributed by atoms with Crippen LogP contribution in [0.2, 0.25) is 0 Å². The highest BCUT2D eigenvalue weighted by Crippen LogP contribution is 2.21. The van der Waals surface area contributed by atoms with Gasteiger partial charge in [0.2, 0.25) is 0 Å². The fraction of sp³-hybridized carbons (Fsp3) is 0.333. The van der Waals surface area contributed by atoms with Crippen LogP contribution < -0.4 is 5.32 Å². The Hall–Kier alpha value is -2.80. The van der Waals surface area contributed by atoms with Crippen molar-refractivity contribution in [3.63, 3.8) is 0 Å². The van der Waals surface area contributed by atoms with Gasteiger partial charge in [0.15, 0.2) is 5.65 Å². The molecule has 7 nitrogen and oxygen atoms in total. The van der Waals surface area contributed by atoms with Crippen molar-refractivity contribution in [2.45, 2.75) is 19.4 Å². The van der Waals surface area contributed by atoms with E-state index in [0.717, 1.165) is 24.3 Å². The highest BCUT2D eigenvalue weighted by atomic mass is 16.5. The topological polar surface area (TPSA) is 81.4 Å². The van der Waals surface area contributed by atoms with Crippen molar-refractivity contribution in [1.82, 2.24) is 24.9 Å². The van der Waals surface area contributed by atoms with E-state index in [2.05, 4.69) is 20.4 Å². The van der Waals surface area contributed by atoms with Gasteiger partial charge in [0, 0.05) is 42.7 Å². The van der Waals surface area contributed by atoms with Crippen LogP contribution in [0.25, 0.3) is 16.9 Å². The lowest BCUT2D eigenvalue weighted by molar-refractivity contribution is 0.0923. The number of amides is 1. The van der Waals surface area contributed by atoms with Gasteiger partial charge in [-0.1, -0.05) is 0 Å². The number of hydrogen-bond acceptors (Lipinski definition) is 5. The third kappa shape index (κ3) is 2.98. The van der Waals surface area contributed by atoms with Crippen molar-refractivity contribution in [2.75, 3.05) is 13.2 Å². The molecule has 3 aromatic rings. The Labute approximate surface area is 145 Å². The van der Waals surface area contributed by atoms with E-state index in [4.69, 9.17) is 4.74 Å². The van der Waals surface area contributed by atoms with E-state index in [1.807, 2.05) is 25.1 Å². The second-order valence-electron chi connectivity index (χ2n) is 6.25. The summed E-state index contributed by atoms with van der Waals surface area (Å²) in [5, 5.41) is 7.41. The van der Waals surface area contributed by atoms with Gasteiger partial charge in [0.25, 0.3) is 5.91 Å². The molecule has 1 aliphatic heterocycles. The van der Waals surface area contributed by atoms with Gasteiger partial charge in [0.05, 0.1) is 18.5 Å². The number of pyridine rings is 1. The van der Waals surface area contributed by atoms with Crippen molar-refractivity contribution in [2.24, 2.45) is 5.92 Å². The molecule has 2 atom stereocenters. The predicted molar refractivity (Wildman–Crippen MR) is 92.1 cm³/mol. The van der Waals surface area contributed by atoms with Gasteiger partial charge in [-0.3, -0.25) is 9.78 Å². The number of nitrogens with one attached hydrogen (secondary N) is 1. The Balaban J connectivity index is 1.64. The quantitative estimate of drug-likeness (QED) is 0.787. The summed E-state index contributed by atoms with van der Waals surface area (Å²) in [6, 6.07) is 5.72. The lowest BCUT2D eigenvalue weighted by Gasteiger charge is -2.18. The molecule has 2 unspecified atom stereocenters. The van der Waals surface area contributed by atoms with E-state index in [0.29, 0.717) is 23.7 Å². The fourth-order valence-corrected chi connectivity index (χ4v) is 3.13. The highest BCUT2D eigenvalue weighted by molar-refractivity contribution is 6.00. The lowest BCUT2D eigenvalue weighted by Crippen LogP contribution is -2.38. The van der Waals surface area contributed by atoms with Crippen LogP contribution in [0.1, 0.15) is 23.7 Å². The summed E-state index contributed by atoms with van der Waals surface area (Å²) in [6.45, 7) is 3.47. The first kappa shape index (κ1) is 15.7. The fourth-order valence-electron chi connectivity index (χ4n) is 3.13. The Morgan fingerprint density at radius 3 is 3.04 bits per heavy atom. The van der Waals surface area contributed by atoms with Crippen LogP contribution in [0.15, 0.2) is 43.0 Å². The van der Waals surface area contributed by atoms with Crippen LogP contribution in [0.3, 0.4) is 0 Å². The van der Waals surface area contributed by atoms with Crippen LogP contribution >= 0.6 is 0 Å². The molecular formula is C18H19N5O2. The van der Waals surface area contributed by atoms with Gasteiger partial charge >= 0.3 is 0 Å². The van der Waals surface area contributed by atoms with Gasteiger partial charge < -0.3 is 10.1 Å². The minimum atomic E-state index is -0.162. The lowest BCUT2D eigenvalue weighted by atomic mass is 10.0. The maximum Gasteiger partial charge on any atom is 0.256 e. The first-order valence-corrected chi connectivity index (χ1v) is 8.36. The molecule has 7 heteroatoms. The van der Waals surface area contributed by atoms with Gasteiger partial charge in [-0.15, -0.1) is 0 Å². The van der Waals surface area contributed by atoms with Crippen LogP contribution in [-0.4, -0.2) is 44.7 Å². The minimum absolute atomic E-state index is 0.0476. The van der Waals surface area contributed by atoms with Gasteiger partial charge in [0.1, 0.15) is 5.56 Å². The zero-order chi connectivity index (χ0) is 17.2.